The van der Waals surface area contributed by atoms with Crippen molar-refractivity contribution in [2.45, 2.75) is 26.8 Å². The number of nitrogens with one attached hydrogen (secondary N) is 2. The molecule has 25 heavy (non-hydrogen) atoms. The molecule has 2 heterocycles. The minimum atomic E-state index is 0. The molecule has 2 N–H and O–H groups in total. The molecule has 2 rings (SSSR count). The molecule has 0 aliphatic carbocycles. The van der Waals surface area contributed by atoms with Gasteiger partial charge in [0.1, 0.15) is 0 Å². The van der Waals surface area contributed by atoms with Crippen LogP contribution >= 0.6 is 35.3 Å². The number of pyridine rings is 1. The summed E-state index contributed by atoms with van der Waals surface area (Å²) in [4.78, 5) is 9.88. The first-order valence-electron chi connectivity index (χ1n) is 8.26. The van der Waals surface area contributed by atoms with Crippen molar-refractivity contribution in [3.63, 3.8) is 0 Å². The molecule has 0 spiro atoms. The number of halogens is 1. The topological polar surface area (TPSA) is 58.5 Å². The zero-order valence-corrected chi connectivity index (χ0v) is 18.1. The molecule has 138 valence electrons. The van der Waals surface area contributed by atoms with Gasteiger partial charge in [0.2, 0.25) is 5.88 Å². The first-order valence-corrected chi connectivity index (χ1v) is 9.13. The number of aliphatic imine (C=N–C) groups is 1. The second-order valence-corrected chi connectivity index (χ2v) is 6.66. The van der Waals surface area contributed by atoms with Crippen LogP contribution in [-0.4, -0.2) is 31.1 Å². The number of ether oxygens (including phenoxy) is 1. The summed E-state index contributed by atoms with van der Waals surface area (Å²) in [5.74, 6) is 2.01. The lowest BCUT2D eigenvalue weighted by atomic mass is 10.1. The quantitative estimate of drug-likeness (QED) is 0.348. The largest absolute Gasteiger partial charge is 0.478 e. The highest BCUT2D eigenvalue weighted by Crippen LogP contribution is 2.13. The van der Waals surface area contributed by atoms with Crippen molar-refractivity contribution in [1.29, 1.82) is 0 Å². The Hall–Kier alpha value is -1.35. The fraction of sp³-hybridized carbons (Fsp3) is 0.444. The Morgan fingerprint density at radius 3 is 2.88 bits per heavy atom. The molecule has 2 aromatic heterocycles. The van der Waals surface area contributed by atoms with E-state index in [0.29, 0.717) is 24.9 Å². The number of aromatic nitrogens is 1. The summed E-state index contributed by atoms with van der Waals surface area (Å²) in [6.07, 6.45) is 2.85. The summed E-state index contributed by atoms with van der Waals surface area (Å²) in [6, 6.07) is 8.21. The Labute approximate surface area is 171 Å². The van der Waals surface area contributed by atoms with Crippen molar-refractivity contribution in [3.05, 3.63) is 46.3 Å². The van der Waals surface area contributed by atoms with E-state index >= 15 is 0 Å². The molecular formula is C18H27IN4OS. The predicted octanol–water partition coefficient (Wildman–Crippen LogP) is 3.70. The predicted molar refractivity (Wildman–Crippen MR) is 116 cm³/mol. The fourth-order valence-electron chi connectivity index (χ4n) is 2.31. The second-order valence-electron chi connectivity index (χ2n) is 5.63. The summed E-state index contributed by atoms with van der Waals surface area (Å²) in [5, 5.41) is 8.84. The molecule has 0 bridgehead atoms. The van der Waals surface area contributed by atoms with Gasteiger partial charge in [0.05, 0.1) is 6.61 Å². The van der Waals surface area contributed by atoms with Gasteiger partial charge in [0.15, 0.2) is 5.96 Å². The van der Waals surface area contributed by atoms with Gasteiger partial charge in [0, 0.05) is 37.3 Å². The third-order valence-electron chi connectivity index (χ3n) is 3.52. The van der Waals surface area contributed by atoms with Crippen LogP contribution in [0, 0.1) is 5.92 Å². The van der Waals surface area contributed by atoms with Gasteiger partial charge in [-0.1, -0.05) is 13.0 Å². The van der Waals surface area contributed by atoms with Crippen molar-refractivity contribution < 1.29 is 4.74 Å². The monoisotopic (exact) mass is 474 g/mol. The molecule has 0 radical (unpaired) electrons. The molecule has 0 amide bonds. The Bertz CT molecular complexity index is 634. The average molecular weight is 474 g/mol. The van der Waals surface area contributed by atoms with E-state index in [1.165, 1.54) is 4.88 Å². The lowest BCUT2D eigenvalue weighted by Gasteiger charge is -2.16. The Balaban J connectivity index is 0.00000312. The van der Waals surface area contributed by atoms with Crippen LogP contribution in [0.2, 0.25) is 0 Å². The number of guanidine groups is 1. The lowest BCUT2D eigenvalue weighted by molar-refractivity contribution is 0.326. The third kappa shape index (κ3) is 8.04. The first kappa shape index (κ1) is 21.7. The van der Waals surface area contributed by atoms with Crippen LogP contribution < -0.4 is 15.4 Å². The molecule has 0 aliphatic rings. The highest BCUT2D eigenvalue weighted by atomic mass is 127. The number of hydrogen-bond donors (Lipinski definition) is 2. The van der Waals surface area contributed by atoms with Crippen LogP contribution in [-0.2, 0) is 13.0 Å². The average Bonchev–Trinajstić information content (AvgIpc) is 3.08. The zero-order valence-electron chi connectivity index (χ0n) is 15.0. The Kier molecular flexibility index (Phi) is 10.5. The van der Waals surface area contributed by atoms with Crippen LogP contribution in [0.3, 0.4) is 0 Å². The molecule has 0 saturated heterocycles. The van der Waals surface area contributed by atoms with E-state index in [1.807, 2.05) is 30.4 Å². The van der Waals surface area contributed by atoms with Crippen LogP contribution in [0.5, 0.6) is 5.88 Å². The van der Waals surface area contributed by atoms with Crippen molar-refractivity contribution in [2.24, 2.45) is 10.9 Å². The number of thiophene rings is 1. The van der Waals surface area contributed by atoms with E-state index in [9.17, 15) is 0 Å². The highest BCUT2D eigenvalue weighted by Gasteiger charge is 2.06. The Morgan fingerprint density at radius 2 is 2.20 bits per heavy atom. The summed E-state index contributed by atoms with van der Waals surface area (Å²) in [7, 11) is 1.79. The van der Waals surface area contributed by atoms with E-state index in [0.717, 1.165) is 24.5 Å². The second kappa shape index (κ2) is 12.1. The van der Waals surface area contributed by atoms with Crippen molar-refractivity contribution in [1.82, 2.24) is 15.6 Å². The highest BCUT2D eigenvalue weighted by molar-refractivity contribution is 14.0. The Morgan fingerprint density at radius 1 is 1.36 bits per heavy atom. The van der Waals surface area contributed by atoms with E-state index in [-0.39, 0.29) is 24.0 Å². The van der Waals surface area contributed by atoms with E-state index in [4.69, 9.17) is 4.74 Å². The van der Waals surface area contributed by atoms with Crippen LogP contribution in [0.25, 0.3) is 0 Å². The van der Waals surface area contributed by atoms with Crippen molar-refractivity contribution in [2.75, 3.05) is 20.2 Å². The SMILES string of the molecule is CCOc1cc(CNC(=NC)NCC(C)Cc2cccs2)ccn1.I. The molecule has 0 saturated carbocycles. The zero-order chi connectivity index (χ0) is 17.2. The molecule has 0 aromatic carbocycles. The van der Waals surface area contributed by atoms with Crippen LogP contribution in [0.15, 0.2) is 40.8 Å². The summed E-state index contributed by atoms with van der Waals surface area (Å²) in [5.41, 5.74) is 1.11. The van der Waals surface area contributed by atoms with Crippen molar-refractivity contribution in [3.8, 4) is 5.88 Å². The van der Waals surface area contributed by atoms with E-state index < -0.39 is 0 Å². The summed E-state index contributed by atoms with van der Waals surface area (Å²) < 4.78 is 5.42. The molecule has 0 fully saturated rings. The maximum atomic E-state index is 5.42. The molecule has 2 aromatic rings. The summed E-state index contributed by atoms with van der Waals surface area (Å²) in [6.45, 7) is 6.39. The minimum Gasteiger partial charge on any atom is -0.478 e. The maximum Gasteiger partial charge on any atom is 0.213 e. The molecule has 0 aliphatic heterocycles. The van der Waals surface area contributed by atoms with Gasteiger partial charge >= 0.3 is 0 Å². The van der Waals surface area contributed by atoms with Gasteiger partial charge < -0.3 is 15.4 Å². The van der Waals surface area contributed by atoms with Gasteiger partial charge in [-0.05, 0) is 42.3 Å². The lowest BCUT2D eigenvalue weighted by Crippen LogP contribution is -2.39. The van der Waals surface area contributed by atoms with Gasteiger partial charge in [-0.15, -0.1) is 35.3 Å². The fourth-order valence-corrected chi connectivity index (χ4v) is 3.18. The van der Waals surface area contributed by atoms with E-state index in [1.54, 1.807) is 13.2 Å². The van der Waals surface area contributed by atoms with Crippen LogP contribution in [0.1, 0.15) is 24.3 Å². The number of nitrogens with zero attached hydrogens (tertiary/aromatic N) is 2. The molecule has 1 unspecified atom stereocenters. The number of rotatable bonds is 8. The standard InChI is InChI=1S/C18H26N4OS.HI/c1-4-23-17-11-15(7-8-20-17)13-22-18(19-3)21-12-14(2)10-16-6-5-9-24-16;/h5-9,11,14H,4,10,12-13H2,1-3H3,(H2,19,21,22);1H. The minimum absolute atomic E-state index is 0. The normalized spacial score (nSPS) is 12.2. The summed E-state index contributed by atoms with van der Waals surface area (Å²) >= 11 is 1.81. The molecule has 1 atom stereocenters. The van der Waals surface area contributed by atoms with Gasteiger partial charge in [-0.2, -0.15) is 0 Å². The van der Waals surface area contributed by atoms with Crippen LogP contribution in [0.4, 0.5) is 0 Å². The molecular weight excluding hydrogens is 447 g/mol. The van der Waals surface area contributed by atoms with Gasteiger partial charge in [-0.25, -0.2) is 4.98 Å². The van der Waals surface area contributed by atoms with Gasteiger partial charge in [0.25, 0.3) is 0 Å². The molecule has 5 nitrogen and oxygen atoms in total. The third-order valence-corrected chi connectivity index (χ3v) is 4.42. The first-order chi connectivity index (χ1) is 11.7. The van der Waals surface area contributed by atoms with Crippen molar-refractivity contribution >= 4 is 41.3 Å². The smallest absolute Gasteiger partial charge is 0.213 e. The maximum absolute atomic E-state index is 5.42. The molecule has 7 heteroatoms. The number of hydrogen-bond acceptors (Lipinski definition) is 4. The van der Waals surface area contributed by atoms with Gasteiger partial charge in [-0.3, -0.25) is 4.99 Å². The van der Waals surface area contributed by atoms with E-state index in [2.05, 4.69) is 45.0 Å².